The molecule has 1 aliphatic heterocycles. The van der Waals surface area contributed by atoms with Crippen molar-refractivity contribution < 1.29 is 9.90 Å². The van der Waals surface area contributed by atoms with E-state index in [1.807, 2.05) is 38.1 Å². The summed E-state index contributed by atoms with van der Waals surface area (Å²) < 4.78 is 0. The number of phenols is 1. The van der Waals surface area contributed by atoms with Gasteiger partial charge in [0, 0.05) is 12.2 Å². The number of anilines is 1. The standard InChI is InChI=1S/C19H18N2O2S/c1-3-20-18(23)17(12-14-6-10-16(22)11-7-14)21(19(20)24)15-8-4-13(2)5-9-15/h4-12,22H,3H2,1-2H3/b17-12-. The van der Waals surface area contributed by atoms with E-state index in [9.17, 15) is 9.90 Å². The van der Waals surface area contributed by atoms with E-state index in [0.717, 1.165) is 16.8 Å². The first-order chi connectivity index (χ1) is 11.5. The molecule has 1 saturated heterocycles. The Morgan fingerprint density at radius 2 is 1.71 bits per heavy atom. The van der Waals surface area contributed by atoms with Gasteiger partial charge in [0.25, 0.3) is 5.91 Å². The fourth-order valence-corrected chi connectivity index (χ4v) is 3.04. The molecule has 0 spiro atoms. The number of likely N-dealkylation sites (N-methyl/N-ethyl adjacent to an activating group) is 1. The molecule has 1 heterocycles. The van der Waals surface area contributed by atoms with Gasteiger partial charge in [-0.3, -0.25) is 14.6 Å². The molecule has 24 heavy (non-hydrogen) atoms. The number of hydrogen-bond acceptors (Lipinski definition) is 3. The zero-order valence-electron chi connectivity index (χ0n) is 13.6. The molecule has 2 aromatic rings. The van der Waals surface area contributed by atoms with Crippen LogP contribution in [0.2, 0.25) is 0 Å². The number of benzene rings is 2. The summed E-state index contributed by atoms with van der Waals surface area (Å²) in [4.78, 5) is 16.1. The molecule has 3 rings (SSSR count). The van der Waals surface area contributed by atoms with Crippen LogP contribution in [0.3, 0.4) is 0 Å². The van der Waals surface area contributed by atoms with E-state index >= 15 is 0 Å². The summed E-state index contributed by atoms with van der Waals surface area (Å²) in [5, 5.41) is 9.90. The summed E-state index contributed by atoms with van der Waals surface area (Å²) in [6, 6.07) is 14.6. The molecule has 0 radical (unpaired) electrons. The molecular weight excluding hydrogens is 320 g/mol. The van der Waals surface area contributed by atoms with Crippen LogP contribution in [0.5, 0.6) is 5.75 Å². The smallest absolute Gasteiger partial charge is 0.277 e. The van der Waals surface area contributed by atoms with E-state index in [1.54, 1.807) is 40.1 Å². The fraction of sp³-hybridized carbons (Fsp3) is 0.158. The van der Waals surface area contributed by atoms with Gasteiger partial charge < -0.3 is 5.11 Å². The molecule has 0 unspecified atom stereocenters. The lowest BCUT2D eigenvalue weighted by atomic mass is 10.1. The number of rotatable bonds is 3. The molecule has 0 saturated carbocycles. The SMILES string of the molecule is CCN1C(=O)/C(=C/c2ccc(O)cc2)N(c2ccc(C)cc2)C1=S. The average molecular weight is 338 g/mol. The van der Waals surface area contributed by atoms with Crippen LogP contribution < -0.4 is 4.90 Å². The van der Waals surface area contributed by atoms with Crippen LogP contribution >= 0.6 is 12.2 Å². The lowest BCUT2D eigenvalue weighted by Gasteiger charge is -2.19. The number of aryl methyl sites for hydroxylation is 1. The molecular formula is C19H18N2O2S. The summed E-state index contributed by atoms with van der Waals surface area (Å²) in [7, 11) is 0. The van der Waals surface area contributed by atoms with Crippen molar-refractivity contribution in [2.24, 2.45) is 0 Å². The molecule has 122 valence electrons. The van der Waals surface area contributed by atoms with Gasteiger partial charge in [-0.15, -0.1) is 0 Å². The number of hydrogen-bond donors (Lipinski definition) is 1. The summed E-state index contributed by atoms with van der Waals surface area (Å²) in [6.45, 7) is 4.44. The van der Waals surface area contributed by atoms with Gasteiger partial charge in [-0.05, 0) is 62.0 Å². The number of nitrogens with zero attached hydrogens (tertiary/aromatic N) is 2. The van der Waals surface area contributed by atoms with Gasteiger partial charge in [0.05, 0.1) is 0 Å². The molecule has 1 N–H and O–H groups in total. The van der Waals surface area contributed by atoms with Gasteiger partial charge >= 0.3 is 0 Å². The molecule has 1 amide bonds. The number of thiocarbonyl (C=S) groups is 1. The van der Waals surface area contributed by atoms with E-state index in [4.69, 9.17) is 12.2 Å². The average Bonchev–Trinajstić information content (AvgIpc) is 2.81. The lowest BCUT2D eigenvalue weighted by Crippen LogP contribution is -2.32. The monoisotopic (exact) mass is 338 g/mol. The first kappa shape index (κ1) is 16.2. The van der Waals surface area contributed by atoms with Crippen LogP contribution in [-0.4, -0.2) is 27.6 Å². The number of phenolic OH excluding ortho intramolecular Hbond substituents is 1. The molecule has 0 bridgehead atoms. The van der Waals surface area contributed by atoms with Crippen LogP contribution in [0.1, 0.15) is 18.1 Å². The van der Waals surface area contributed by atoms with E-state index in [2.05, 4.69) is 0 Å². The van der Waals surface area contributed by atoms with Crippen molar-refractivity contribution in [2.75, 3.05) is 11.4 Å². The molecule has 0 atom stereocenters. The summed E-state index contributed by atoms with van der Waals surface area (Å²) in [6.07, 6.45) is 1.80. The van der Waals surface area contributed by atoms with E-state index in [0.29, 0.717) is 17.4 Å². The second-order valence-electron chi connectivity index (χ2n) is 5.62. The number of aromatic hydroxyl groups is 1. The van der Waals surface area contributed by atoms with Gasteiger partial charge in [-0.1, -0.05) is 29.8 Å². The third kappa shape index (κ3) is 2.90. The Morgan fingerprint density at radius 3 is 2.29 bits per heavy atom. The number of carbonyl (C=O) groups excluding carboxylic acids is 1. The van der Waals surface area contributed by atoms with Gasteiger partial charge in [0.1, 0.15) is 11.4 Å². The van der Waals surface area contributed by atoms with Gasteiger partial charge in [0.15, 0.2) is 5.11 Å². The van der Waals surface area contributed by atoms with Crippen molar-refractivity contribution in [3.05, 3.63) is 65.4 Å². The minimum atomic E-state index is -0.115. The quantitative estimate of drug-likeness (QED) is 0.685. The summed E-state index contributed by atoms with van der Waals surface area (Å²) in [5.74, 6) is 0.0761. The highest BCUT2D eigenvalue weighted by atomic mass is 32.1. The maximum absolute atomic E-state index is 12.7. The third-order valence-corrected chi connectivity index (χ3v) is 4.34. The Hall–Kier alpha value is -2.66. The van der Waals surface area contributed by atoms with Crippen molar-refractivity contribution in [1.29, 1.82) is 0 Å². The molecule has 4 nitrogen and oxygen atoms in total. The Kier molecular flexibility index (Phi) is 4.36. The highest BCUT2D eigenvalue weighted by Gasteiger charge is 2.37. The first-order valence-electron chi connectivity index (χ1n) is 7.74. The zero-order valence-corrected chi connectivity index (χ0v) is 14.4. The van der Waals surface area contributed by atoms with Crippen molar-refractivity contribution in [3.63, 3.8) is 0 Å². The third-order valence-electron chi connectivity index (χ3n) is 3.93. The van der Waals surface area contributed by atoms with Crippen LogP contribution in [0.4, 0.5) is 5.69 Å². The summed E-state index contributed by atoms with van der Waals surface area (Å²) >= 11 is 5.52. The minimum absolute atomic E-state index is 0.115. The maximum Gasteiger partial charge on any atom is 0.277 e. The second-order valence-corrected chi connectivity index (χ2v) is 5.99. The van der Waals surface area contributed by atoms with E-state index in [1.165, 1.54) is 0 Å². The van der Waals surface area contributed by atoms with Crippen LogP contribution in [0.15, 0.2) is 54.2 Å². The molecule has 1 aliphatic rings. The Morgan fingerprint density at radius 1 is 1.08 bits per heavy atom. The topological polar surface area (TPSA) is 43.8 Å². The number of amides is 1. The van der Waals surface area contributed by atoms with Crippen molar-refractivity contribution in [2.45, 2.75) is 13.8 Å². The van der Waals surface area contributed by atoms with E-state index < -0.39 is 0 Å². The zero-order chi connectivity index (χ0) is 17.3. The molecule has 5 heteroatoms. The van der Waals surface area contributed by atoms with Crippen LogP contribution in [-0.2, 0) is 4.79 Å². The molecule has 2 aromatic carbocycles. The largest absolute Gasteiger partial charge is 0.508 e. The van der Waals surface area contributed by atoms with Crippen LogP contribution in [0.25, 0.3) is 6.08 Å². The van der Waals surface area contributed by atoms with Gasteiger partial charge in [0.2, 0.25) is 0 Å². The Bertz CT molecular complexity index is 810. The Labute approximate surface area is 146 Å². The highest BCUT2D eigenvalue weighted by molar-refractivity contribution is 7.80. The number of carbonyl (C=O) groups is 1. The first-order valence-corrected chi connectivity index (χ1v) is 8.15. The highest BCUT2D eigenvalue weighted by Crippen LogP contribution is 2.30. The van der Waals surface area contributed by atoms with Gasteiger partial charge in [-0.25, -0.2) is 0 Å². The Balaban J connectivity index is 2.08. The molecule has 1 fully saturated rings. The normalized spacial score (nSPS) is 16.3. The maximum atomic E-state index is 12.7. The predicted molar refractivity (Wildman–Crippen MR) is 99.7 cm³/mol. The predicted octanol–water partition coefficient (Wildman–Crippen LogP) is 3.70. The lowest BCUT2D eigenvalue weighted by molar-refractivity contribution is -0.122. The minimum Gasteiger partial charge on any atom is -0.508 e. The van der Waals surface area contributed by atoms with Crippen molar-refractivity contribution in [3.8, 4) is 5.75 Å². The van der Waals surface area contributed by atoms with Gasteiger partial charge in [-0.2, -0.15) is 0 Å². The van der Waals surface area contributed by atoms with Crippen molar-refractivity contribution >= 4 is 35.0 Å². The molecule has 0 aliphatic carbocycles. The van der Waals surface area contributed by atoms with Crippen LogP contribution in [0, 0.1) is 6.92 Å². The second kappa shape index (κ2) is 6.45. The van der Waals surface area contributed by atoms with E-state index in [-0.39, 0.29) is 11.7 Å². The van der Waals surface area contributed by atoms with Crippen molar-refractivity contribution in [1.82, 2.24) is 4.90 Å². The fourth-order valence-electron chi connectivity index (χ4n) is 2.62. The molecule has 0 aromatic heterocycles. The summed E-state index contributed by atoms with van der Waals surface area (Å²) in [5.41, 5.74) is 3.34.